The molecule has 27 heavy (non-hydrogen) atoms. The maximum Gasteiger partial charge on any atom is 0.261 e. The minimum Gasteiger partial charge on any atom is -0.507 e. The smallest absolute Gasteiger partial charge is 0.261 e. The lowest BCUT2D eigenvalue weighted by atomic mass is 10.1. The molecular weight excluding hydrogens is 360 g/mol. The van der Waals surface area contributed by atoms with Gasteiger partial charge in [-0.3, -0.25) is 9.71 Å². The van der Waals surface area contributed by atoms with Gasteiger partial charge >= 0.3 is 0 Å². The van der Waals surface area contributed by atoms with E-state index in [2.05, 4.69) is 9.71 Å². The molecule has 3 rings (SSSR count). The van der Waals surface area contributed by atoms with Gasteiger partial charge in [0.15, 0.2) is 0 Å². The molecule has 0 heterocycles. The Morgan fingerprint density at radius 2 is 1.59 bits per heavy atom. The fourth-order valence-corrected chi connectivity index (χ4v) is 3.57. The van der Waals surface area contributed by atoms with Gasteiger partial charge in [0, 0.05) is 11.8 Å². The van der Waals surface area contributed by atoms with Crippen molar-refractivity contribution in [3.8, 4) is 5.75 Å². The number of para-hydroxylation sites is 2. The van der Waals surface area contributed by atoms with Crippen LogP contribution in [0.4, 0.5) is 11.4 Å². The number of nitrogens with one attached hydrogen (secondary N) is 1. The summed E-state index contributed by atoms with van der Waals surface area (Å²) in [4.78, 5) is 4.53. The normalized spacial score (nSPS) is 11.6. The molecule has 0 aliphatic rings. The summed E-state index contributed by atoms with van der Waals surface area (Å²) in [6.07, 6.45) is 1.51. The number of benzene rings is 3. The van der Waals surface area contributed by atoms with Crippen LogP contribution < -0.4 is 4.72 Å². The van der Waals surface area contributed by atoms with Crippen LogP contribution in [0, 0.1) is 13.8 Å². The zero-order chi connectivity index (χ0) is 19.4. The van der Waals surface area contributed by atoms with Crippen molar-refractivity contribution >= 4 is 27.6 Å². The molecule has 0 bridgehead atoms. The molecule has 0 radical (unpaired) electrons. The Labute approximate surface area is 159 Å². The molecule has 0 fully saturated rings. The van der Waals surface area contributed by atoms with E-state index in [1.807, 2.05) is 19.9 Å². The van der Waals surface area contributed by atoms with Crippen molar-refractivity contribution in [2.24, 2.45) is 4.99 Å². The molecule has 2 N–H and O–H groups in total. The third kappa shape index (κ3) is 4.54. The van der Waals surface area contributed by atoms with E-state index in [0.29, 0.717) is 16.9 Å². The van der Waals surface area contributed by atoms with Crippen LogP contribution in [0.3, 0.4) is 0 Å². The topological polar surface area (TPSA) is 78.8 Å². The second-order valence-electron chi connectivity index (χ2n) is 6.26. The Bertz CT molecular complexity index is 1090. The van der Waals surface area contributed by atoms with Crippen molar-refractivity contribution in [3.05, 3.63) is 83.4 Å². The maximum absolute atomic E-state index is 12.6. The summed E-state index contributed by atoms with van der Waals surface area (Å²) >= 11 is 0. The van der Waals surface area contributed by atoms with Gasteiger partial charge in [0.1, 0.15) is 5.75 Å². The number of sulfonamides is 1. The van der Waals surface area contributed by atoms with Gasteiger partial charge in [0.25, 0.3) is 10.0 Å². The molecule has 6 heteroatoms. The molecule has 3 aromatic rings. The van der Waals surface area contributed by atoms with Gasteiger partial charge in [-0.1, -0.05) is 35.9 Å². The highest BCUT2D eigenvalue weighted by atomic mass is 32.2. The first-order valence-corrected chi connectivity index (χ1v) is 9.86. The molecule has 0 aliphatic heterocycles. The zero-order valence-electron chi connectivity index (χ0n) is 15.0. The fraction of sp³-hybridized carbons (Fsp3) is 0.0952. The van der Waals surface area contributed by atoms with E-state index in [-0.39, 0.29) is 10.6 Å². The van der Waals surface area contributed by atoms with Crippen LogP contribution in [-0.2, 0) is 10.0 Å². The van der Waals surface area contributed by atoms with Crippen molar-refractivity contribution < 1.29 is 13.5 Å². The third-order valence-electron chi connectivity index (χ3n) is 4.01. The van der Waals surface area contributed by atoms with E-state index in [1.54, 1.807) is 60.7 Å². The molecule has 0 saturated carbocycles. The molecule has 5 nitrogen and oxygen atoms in total. The summed E-state index contributed by atoms with van der Waals surface area (Å²) in [5.41, 5.74) is 3.29. The lowest BCUT2D eigenvalue weighted by molar-refractivity contribution is 0.474. The number of aryl methyl sites for hydroxylation is 2. The molecule has 0 unspecified atom stereocenters. The van der Waals surface area contributed by atoms with Crippen LogP contribution in [0.1, 0.15) is 16.7 Å². The summed E-state index contributed by atoms with van der Waals surface area (Å²) in [5, 5.41) is 9.99. The van der Waals surface area contributed by atoms with Gasteiger partial charge in [0.2, 0.25) is 0 Å². The summed E-state index contributed by atoms with van der Waals surface area (Å²) in [7, 11) is -3.72. The summed E-state index contributed by atoms with van der Waals surface area (Å²) in [5.74, 6) is 0.122. The average Bonchev–Trinajstić information content (AvgIpc) is 2.62. The number of phenolic OH excluding ortho intramolecular Hbond substituents is 1. The Hall–Kier alpha value is -3.12. The standard InChI is InChI=1S/C21H20N2O3S/c1-15-8-11-18(12-9-15)27(25,26)23-20-6-4-3-5-19(20)22-14-17-10-7-16(2)13-21(17)24/h3-14,23-24H,1-2H3. The Morgan fingerprint density at radius 1 is 0.926 bits per heavy atom. The number of rotatable bonds is 5. The van der Waals surface area contributed by atoms with E-state index in [9.17, 15) is 13.5 Å². The maximum atomic E-state index is 12.6. The second kappa shape index (κ2) is 7.63. The molecule has 0 atom stereocenters. The van der Waals surface area contributed by atoms with Crippen molar-refractivity contribution in [1.82, 2.24) is 0 Å². The number of anilines is 1. The average molecular weight is 380 g/mol. The first kappa shape index (κ1) is 18.7. The summed E-state index contributed by atoms with van der Waals surface area (Å²) in [6, 6.07) is 18.7. The lowest BCUT2D eigenvalue weighted by Crippen LogP contribution is -2.13. The predicted molar refractivity (Wildman–Crippen MR) is 109 cm³/mol. The minimum absolute atomic E-state index is 0.122. The first-order valence-electron chi connectivity index (χ1n) is 8.37. The van der Waals surface area contributed by atoms with Crippen LogP contribution in [0.15, 0.2) is 76.6 Å². The number of phenols is 1. The monoisotopic (exact) mass is 380 g/mol. The molecule has 0 aliphatic carbocycles. The van der Waals surface area contributed by atoms with E-state index < -0.39 is 10.0 Å². The SMILES string of the molecule is Cc1ccc(S(=O)(=O)Nc2ccccc2N=Cc2ccc(C)cc2O)cc1. The highest BCUT2D eigenvalue weighted by Gasteiger charge is 2.15. The largest absolute Gasteiger partial charge is 0.507 e. The fourth-order valence-electron chi connectivity index (χ4n) is 2.50. The predicted octanol–water partition coefficient (Wildman–Crippen LogP) is 4.56. The first-order chi connectivity index (χ1) is 12.8. The Morgan fingerprint density at radius 3 is 2.30 bits per heavy atom. The molecule has 138 valence electrons. The zero-order valence-corrected chi connectivity index (χ0v) is 15.9. The highest BCUT2D eigenvalue weighted by molar-refractivity contribution is 7.92. The highest BCUT2D eigenvalue weighted by Crippen LogP contribution is 2.27. The van der Waals surface area contributed by atoms with Crippen molar-refractivity contribution in [1.29, 1.82) is 0 Å². The van der Waals surface area contributed by atoms with Crippen LogP contribution in [0.25, 0.3) is 0 Å². The van der Waals surface area contributed by atoms with Gasteiger partial charge < -0.3 is 5.11 Å². The molecule has 0 spiro atoms. The molecular formula is C21H20N2O3S. The van der Waals surface area contributed by atoms with Crippen LogP contribution in [0.2, 0.25) is 0 Å². The molecule has 3 aromatic carbocycles. The number of aromatic hydroxyl groups is 1. The van der Waals surface area contributed by atoms with Crippen LogP contribution >= 0.6 is 0 Å². The van der Waals surface area contributed by atoms with Crippen molar-refractivity contribution in [2.45, 2.75) is 18.7 Å². The molecule has 0 saturated heterocycles. The molecule has 0 amide bonds. The molecule has 0 aromatic heterocycles. The van der Waals surface area contributed by atoms with Gasteiger partial charge in [-0.25, -0.2) is 8.42 Å². The van der Waals surface area contributed by atoms with E-state index >= 15 is 0 Å². The minimum atomic E-state index is -3.72. The summed E-state index contributed by atoms with van der Waals surface area (Å²) < 4.78 is 27.8. The quantitative estimate of drug-likeness (QED) is 0.637. The number of hydrogen-bond donors (Lipinski definition) is 2. The Balaban J connectivity index is 1.90. The van der Waals surface area contributed by atoms with Gasteiger partial charge in [-0.05, 0) is 55.8 Å². The van der Waals surface area contributed by atoms with Crippen LogP contribution in [0.5, 0.6) is 5.75 Å². The number of hydrogen-bond acceptors (Lipinski definition) is 4. The van der Waals surface area contributed by atoms with Gasteiger partial charge in [-0.15, -0.1) is 0 Å². The van der Waals surface area contributed by atoms with Crippen LogP contribution in [-0.4, -0.2) is 19.7 Å². The number of nitrogens with zero attached hydrogens (tertiary/aromatic N) is 1. The van der Waals surface area contributed by atoms with Crippen molar-refractivity contribution in [3.63, 3.8) is 0 Å². The van der Waals surface area contributed by atoms with Gasteiger partial charge in [0.05, 0.1) is 16.3 Å². The van der Waals surface area contributed by atoms with Crippen molar-refractivity contribution in [2.75, 3.05) is 4.72 Å². The Kier molecular flexibility index (Phi) is 5.28. The summed E-state index contributed by atoms with van der Waals surface area (Å²) in [6.45, 7) is 3.78. The third-order valence-corrected chi connectivity index (χ3v) is 5.39. The van der Waals surface area contributed by atoms with E-state index in [1.165, 1.54) is 6.21 Å². The van der Waals surface area contributed by atoms with Gasteiger partial charge in [-0.2, -0.15) is 0 Å². The number of aliphatic imine (C=N–C) groups is 1. The lowest BCUT2D eigenvalue weighted by Gasteiger charge is -2.10. The van der Waals surface area contributed by atoms with E-state index in [0.717, 1.165) is 11.1 Å². The second-order valence-corrected chi connectivity index (χ2v) is 7.94. The van der Waals surface area contributed by atoms with E-state index in [4.69, 9.17) is 0 Å².